The van der Waals surface area contributed by atoms with Crippen LogP contribution in [0.4, 0.5) is 11.4 Å². The Morgan fingerprint density at radius 2 is 2.20 bits per heavy atom. The van der Waals surface area contributed by atoms with Gasteiger partial charge in [-0.25, -0.2) is 4.98 Å². The fraction of sp³-hybridized carbons (Fsp3) is 0.167. The van der Waals surface area contributed by atoms with Gasteiger partial charge < -0.3 is 14.6 Å². The summed E-state index contributed by atoms with van der Waals surface area (Å²) in [5.41, 5.74) is 3.02. The Labute approximate surface area is 148 Å². The molecule has 1 aliphatic rings. The Morgan fingerprint density at radius 3 is 2.96 bits per heavy atom. The van der Waals surface area contributed by atoms with E-state index in [-0.39, 0.29) is 11.8 Å². The summed E-state index contributed by atoms with van der Waals surface area (Å²) in [6.07, 6.45) is 2.36. The number of carbonyl (C=O) groups excluding carboxylic acids is 2. The molecule has 6 nitrogen and oxygen atoms in total. The van der Waals surface area contributed by atoms with Gasteiger partial charge in [0.25, 0.3) is 5.91 Å². The van der Waals surface area contributed by atoms with Crippen molar-refractivity contribution in [3.05, 3.63) is 53.2 Å². The van der Waals surface area contributed by atoms with Crippen molar-refractivity contribution in [2.45, 2.75) is 13.3 Å². The van der Waals surface area contributed by atoms with Crippen LogP contribution in [0.25, 0.3) is 10.8 Å². The number of carbonyl (C=O) groups is 2. The normalized spacial score (nSPS) is 12.9. The third kappa shape index (κ3) is 2.94. The van der Waals surface area contributed by atoms with Crippen molar-refractivity contribution in [3.8, 4) is 10.8 Å². The first-order valence-electron chi connectivity index (χ1n) is 7.83. The predicted molar refractivity (Wildman–Crippen MR) is 95.9 cm³/mol. The molecule has 0 radical (unpaired) electrons. The minimum absolute atomic E-state index is 0.0310. The molecule has 0 aliphatic carbocycles. The summed E-state index contributed by atoms with van der Waals surface area (Å²) >= 11 is 1.36. The van der Waals surface area contributed by atoms with Crippen molar-refractivity contribution in [1.82, 2.24) is 4.98 Å². The van der Waals surface area contributed by atoms with Crippen LogP contribution >= 0.6 is 11.3 Å². The smallest absolute Gasteiger partial charge is 0.275 e. The van der Waals surface area contributed by atoms with E-state index in [1.165, 1.54) is 11.3 Å². The van der Waals surface area contributed by atoms with Crippen LogP contribution in [-0.4, -0.2) is 23.3 Å². The second kappa shape index (κ2) is 6.18. The summed E-state index contributed by atoms with van der Waals surface area (Å²) in [5.74, 6) is 0.407. The molecule has 0 saturated heterocycles. The first-order valence-corrected chi connectivity index (χ1v) is 8.71. The van der Waals surface area contributed by atoms with E-state index in [1.54, 1.807) is 35.6 Å². The van der Waals surface area contributed by atoms with Crippen LogP contribution in [0.5, 0.6) is 0 Å². The molecule has 3 aromatic rings. The number of anilines is 2. The quantitative estimate of drug-likeness (QED) is 0.781. The molecule has 0 fully saturated rings. The topological polar surface area (TPSA) is 75.4 Å². The zero-order chi connectivity index (χ0) is 17.4. The van der Waals surface area contributed by atoms with Gasteiger partial charge >= 0.3 is 0 Å². The summed E-state index contributed by atoms with van der Waals surface area (Å²) in [7, 11) is 0. The van der Waals surface area contributed by atoms with Crippen molar-refractivity contribution in [3.63, 3.8) is 0 Å². The largest absolute Gasteiger partial charge is 0.462 e. The van der Waals surface area contributed by atoms with Crippen LogP contribution in [-0.2, 0) is 11.2 Å². The lowest BCUT2D eigenvalue weighted by atomic mass is 10.1. The van der Waals surface area contributed by atoms with Crippen LogP contribution < -0.4 is 10.2 Å². The van der Waals surface area contributed by atoms with E-state index < -0.39 is 0 Å². The lowest BCUT2D eigenvalue weighted by molar-refractivity contribution is -0.116. The third-order valence-corrected chi connectivity index (χ3v) is 4.94. The maximum Gasteiger partial charge on any atom is 0.275 e. The van der Waals surface area contributed by atoms with Gasteiger partial charge in [-0.2, -0.15) is 0 Å². The molecule has 1 aromatic carbocycles. The van der Waals surface area contributed by atoms with Gasteiger partial charge in [-0.1, -0.05) is 0 Å². The van der Waals surface area contributed by atoms with Crippen molar-refractivity contribution >= 4 is 34.5 Å². The van der Waals surface area contributed by atoms with E-state index in [9.17, 15) is 9.59 Å². The molecule has 0 atom stereocenters. The Bertz CT molecular complexity index is 946. The molecule has 1 aliphatic heterocycles. The van der Waals surface area contributed by atoms with E-state index in [0.717, 1.165) is 17.7 Å². The highest BCUT2D eigenvalue weighted by atomic mass is 32.1. The molecular weight excluding hydrogens is 338 g/mol. The maximum atomic E-state index is 12.4. The van der Waals surface area contributed by atoms with Crippen LogP contribution in [0.1, 0.15) is 23.0 Å². The molecule has 3 heterocycles. The van der Waals surface area contributed by atoms with Crippen molar-refractivity contribution in [2.75, 3.05) is 16.8 Å². The molecule has 2 aromatic heterocycles. The monoisotopic (exact) mass is 353 g/mol. The third-order valence-electron chi connectivity index (χ3n) is 4.08. The number of aromatic nitrogens is 1. The van der Waals surface area contributed by atoms with Crippen LogP contribution in [0.2, 0.25) is 0 Å². The molecule has 2 amide bonds. The molecule has 0 bridgehead atoms. The number of nitrogens with zero attached hydrogens (tertiary/aromatic N) is 2. The number of furan rings is 1. The Balaban J connectivity index is 1.51. The molecule has 25 heavy (non-hydrogen) atoms. The van der Waals surface area contributed by atoms with Gasteiger partial charge in [0.2, 0.25) is 5.91 Å². The van der Waals surface area contributed by atoms with Gasteiger partial charge in [0.1, 0.15) is 5.69 Å². The highest BCUT2D eigenvalue weighted by molar-refractivity contribution is 7.13. The fourth-order valence-corrected chi connectivity index (χ4v) is 3.66. The minimum atomic E-state index is -0.268. The number of rotatable bonds is 3. The number of benzene rings is 1. The molecular formula is C18H15N3O3S. The predicted octanol–water partition coefficient (Wildman–Crippen LogP) is 3.56. The molecule has 126 valence electrons. The van der Waals surface area contributed by atoms with Gasteiger partial charge in [0.15, 0.2) is 10.8 Å². The van der Waals surface area contributed by atoms with Gasteiger partial charge in [-0.05, 0) is 42.3 Å². The summed E-state index contributed by atoms with van der Waals surface area (Å²) in [6, 6.07) is 9.18. The van der Waals surface area contributed by atoms with Crippen molar-refractivity contribution < 1.29 is 14.0 Å². The summed E-state index contributed by atoms with van der Waals surface area (Å²) in [6.45, 7) is 2.24. The summed E-state index contributed by atoms with van der Waals surface area (Å²) in [4.78, 5) is 30.1. The first-order chi connectivity index (χ1) is 12.1. The van der Waals surface area contributed by atoms with Gasteiger partial charge in [-0.15, -0.1) is 11.3 Å². The SMILES string of the molecule is CC(=O)N1CCc2cc(NC(=O)c3csc(-c4ccco4)n3)ccc21. The van der Waals surface area contributed by atoms with Crippen LogP contribution in [0, 0.1) is 0 Å². The number of hydrogen-bond donors (Lipinski definition) is 1. The van der Waals surface area contributed by atoms with E-state index in [1.807, 2.05) is 18.2 Å². The Hall–Kier alpha value is -2.93. The van der Waals surface area contributed by atoms with E-state index in [4.69, 9.17) is 4.42 Å². The van der Waals surface area contributed by atoms with Crippen LogP contribution in [0.15, 0.2) is 46.4 Å². The summed E-state index contributed by atoms with van der Waals surface area (Å²) in [5, 5.41) is 5.24. The number of hydrogen-bond acceptors (Lipinski definition) is 5. The first kappa shape index (κ1) is 15.6. The Kier molecular flexibility index (Phi) is 3.85. The van der Waals surface area contributed by atoms with Crippen molar-refractivity contribution in [1.29, 1.82) is 0 Å². The van der Waals surface area contributed by atoms with Gasteiger partial charge in [0, 0.05) is 30.2 Å². The molecule has 0 unspecified atom stereocenters. The molecule has 0 saturated carbocycles. The standard InChI is InChI=1S/C18H15N3O3S/c1-11(22)21-7-6-12-9-13(4-5-15(12)21)19-17(23)14-10-25-18(20-14)16-3-2-8-24-16/h2-5,8-10H,6-7H2,1H3,(H,19,23). The number of nitrogens with one attached hydrogen (secondary N) is 1. The highest BCUT2D eigenvalue weighted by Crippen LogP contribution is 2.31. The van der Waals surface area contributed by atoms with Gasteiger partial charge in [-0.3, -0.25) is 9.59 Å². The molecule has 7 heteroatoms. The van der Waals surface area contributed by atoms with E-state index >= 15 is 0 Å². The average Bonchev–Trinajstić information content (AvgIpc) is 3.33. The van der Waals surface area contributed by atoms with Gasteiger partial charge in [0.05, 0.1) is 6.26 Å². The molecule has 1 N–H and O–H groups in total. The minimum Gasteiger partial charge on any atom is -0.462 e. The average molecular weight is 353 g/mol. The fourth-order valence-electron chi connectivity index (χ4n) is 2.89. The maximum absolute atomic E-state index is 12.4. The zero-order valence-corrected chi connectivity index (χ0v) is 14.3. The number of fused-ring (bicyclic) bond motifs is 1. The highest BCUT2D eigenvalue weighted by Gasteiger charge is 2.22. The van der Waals surface area contributed by atoms with Crippen molar-refractivity contribution in [2.24, 2.45) is 0 Å². The molecule has 4 rings (SSSR count). The second-order valence-electron chi connectivity index (χ2n) is 5.73. The second-order valence-corrected chi connectivity index (χ2v) is 6.59. The number of amides is 2. The number of thiazole rings is 1. The zero-order valence-electron chi connectivity index (χ0n) is 13.5. The van der Waals surface area contributed by atoms with Crippen LogP contribution in [0.3, 0.4) is 0 Å². The summed E-state index contributed by atoms with van der Waals surface area (Å²) < 4.78 is 5.29. The van der Waals surface area contributed by atoms with E-state index in [2.05, 4.69) is 10.3 Å². The van der Waals surface area contributed by atoms with E-state index in [0.29, 0.717) is 28.7 Å². The lowest BCUT2D eigenvalue weighted by Crippen LogP contribution is -2.25. The lowest BCUT2D eigenvalue weighted by Gasteiger charge is -2.14. The Morgan fingerprint density at radius 1 is 1.32 bits per heavy atom. The molecule has 0 spiro atoms.